The van der Waals surface area contributed by atoms with Crippen LogP contribution >= 0.6 is 0 Å². The smallest absolute Gasteiger partial charge is 0.187 e. The normalized spacial score (nSPS) is 41.2. The summed E-state index contributed by atoms with van der Waals surface area (Å²) >= 11 is 0. The molecular weight excluding hydrogens is 1710 g/mol. The van der Waals surface area contributed by atoms with E-state index < -0.39 is 269 Å². The molecule has 30 aliphatic rings. The molecule has 30 heterocycles. The van der Waals surface area contributed by atoms with Gasteiger partial charge in [0.15, 0.2) is 98.0 Å². The molecule has 32 N–H and O–H groups in total. The summed E-state index contributed by atoms with van der Waals surface area (Å²) in [4.78, 5) is 17.5. The number of nitrogens with two attached hydrogens (primary N) is 12. The average Bonchev–Trinajstić information content (AvgIpc) is 0.756. The molecule has 0 amide bonds. The lowest BCUT2D eigenvalue weighted by atomic mass is 9.93. The summed E-state index contributed by atoms with van der Waals surface area (Å²) in [6.45, 7) is -2.42. The van der Waals surface area contributed by atoms with Crippen molar-refractivity contribution >= 4 is 47.7 Å². The second kappa shape index (κ2) is 49.6. The maximum absolute atomic E-state index is 8.39. The fourth-order valence-electron chi connectivity index (χ4n) is 17.5. The molecule has 30 fully saturated rings. The summed E-state index contributed by atoms with van der Waals surface area (Å²) in [5, 5.41) is 44.9. The fourth-order valence-corrected chi connectivity index (χ4v) is 17.5. The van der Waals surface area contributed by atoms with Crippen LogP contribution in [0.25, 0.3) is 0 Å². The predicted octanol–water partition coefficient (Wildman–Crippen LogP) is -11.9. The third-order valence-electron chi connectivity index (χ3n) is 23.2. The zero-order valence-electron chi connectivity index (χ0n) is 74.5. The summed E-state index contributed by atoms with van der Waals surface area (Å²) in [6.07, 6.45) is -52.2. The molecule has 16 bridgehead atoms. The Bertz CT molecular complexity index is 3110. The monoisotopic (exact) mass is 1850 g/mol. The van der Waals surface area contributed by atoms with Crippen molar-refractivity contribution in [1.29, 1.82) is 21.6 Å². The minimum atomic E-state index is -1.50. The number of rotatable bonds is 32. The van der Waals surface area contributed by atoms with E-state index >= 15 is 0 Å². The number of aliphatic imine (C=N–C) groups is 4. The maximum atomic E-state index is 8.39. The van der Waals surface area contributed by atoms with Crippen molar-refractivity contribution in [3.8, 4) is 0 Å². The van der Waals surface area contributed by atoms with Gasteiger partial charge in [-0.3, -0.25) is 41.6 Å². The molecule has 40 atom stereocenters. The first kappa shape index (κ1) is 105. The van der Waals surface area contributed by atoms with E-state index in [-0.39, 0.29) is 76.2 Å². The van der Waals surface area contributed by atoms with Crippen molar-refractivity contribution in [3.05, 3.63) is 0 Å². The molecule has 56 heteroatoms. The van der Waals surface area contributed by atoms with E-state index in [9.17, 15) is 0 Å². The van der Waals surface area contributed by atoms with Crippen LogP contribution < -0.4 is 90.1 Å². The number of guanidine groups is 8. The van der Waals surface area contributed by atoms with Gasteiger partial charge in [0.2, 0.25) is 0 Å². The third kappa shape index (κ3) is 25.0. The Hall–Kier alpha value is -7.12. The number of nitrogens with one attached hydrogen (secondary N) is 8. The van der Waals surface area contributed by atoms with Gasteiger partial charge in [-0.05, 0) is 0 Å². The number of ether oxygens (including phenoxy) is 32. The standard InChI is InChI=1S/C72H136N24O32/c1-97-41-33-25(17-89-65(73)74)113-57(49(41)105-9)122-34-26(18-90-66(75)76)115-59(51(107-11)42(34)98-2)124-36-28(20-92-68(79)80)117-61(53(109-13)44(36)100-4)126-38-30(22-94-70(83)84)119-63(55(111-15)46(38)102-6)128-40-32(24-96-72(87)88)120-64(56(112-16)48(40)104-8)127-39-31(23-95-71(85)86)118-62(54(110-14)47(39)103-7)125-37-29(21-93-69(81)82)116-60(52(108-12)45(37)101-5)123-35-27(19-91-67(77)78)114-58(121-33)50(106-10)43(35)99-3/h25-64H,17-24H2,1-16H3,(H4,73,74,89)(H4,75,76,90)(H4,77,78,91)(H4,79,80,92)(H4,81,82,93)(H4,83,84,94)(H4,85,86,95)(H4,87,88,96)/t25-,26-,27-,28-,29-,30-,31-,32-,33-,34-,35-,36-,37-,38-,39-,40-,41+,42+,43+,44+,45+,46+,47+,48+,49-,50-,51-,52-,53-,54-,55-,56-,57-,58-,59-,60-,61-,62-,63-,64-/m1/s1. The molecule has 0 aromatic carbocycles. The van der Waals surface area contributed by atoms with E-state index in [1.54, 1.807) is 0 Å². The van der Waals surface area contributed by atoms with Crippen molar-refractivity contribution in [2.45, 2.75) is 246 Å². The van der Waals surface area contributed by atoms with Crippen molar-refractivity contribution < 1.29 is 152 Å². The van der Waals surface area contributed by atoms with Crippen LogP contribution in [0.3, 0.4) is 0 Å². The molecule has 30 rings (SSSR count). The van der Waals surface area contributed by atoms with Gasteiger partial charge in [0.25, 0.3) is 0 Å². The minimum absolute atomic E-state index is 0.270. The molecule has 0 aromatic rings. The van der Waals surface area contributed by atoms with Gasteiger partial charge in [-0.15, -0.1) is 0 Å². The van der Waals surface area contributed by atoms with Gasteiger partial charge < -0.3 is 242 Å². The second-order valence-electron chi connectivity index (χ2n) is 30.6. The topological polar surface area (TPSA) is 801 Å². The molecular formula is C72H136N24O32. The largest absolute Gasteiger partial charge is 0.376 e. The Balaban J connectivity index is 1.20. The van der Waals surface area contributed by atoms with Crippen LogP contribution in [-0.4, -0.2) is 459 Å². The molecule has 30 saturated heterocycles. The van der Waals surface area contributed by atoms with Gasteiger partial charge in [0.05, 0.1) is 26.2 Å². The van der Waals surface area contributed by atoms with Crippen LogP contribution in [0.4, 0.5) is 0 Å². The van der Waals surface area contributed by atoms with Crippen LogP contribution in [0.2, 0.25) is 0 Å². The van der Waals surface area contributed by atoms with E-state index in [1.165, 1.54) is 114 Å². The van der Waals surface area contributed by atoms with Crippen LogP contribution in [0.5, 0.6) is 0 Å². The molecule has 0 aliphatic carbocycles. The number of methoxy groups -OCH3 is 16. The highest BCUT2D eigenvalue weighted by Crippen LogP contribution is 2.44. The molecule has 128 heavy (non-hydrogen) atoms. The Labute approximate surface area is 740 Å². The Morgan fingerprint density at radius 3 is 0.422 bits per heavy atom. The van der Waals surface area contributed by atoms with Crippen LogP contribution in [0.15, 0.2) is 20.0 Å². The molecule has 736 valence electrons. The lowest BCUT2D eigenvalue weighted by Crippen LogP contribution is -2.70. The van der Waals surface area contributed by atoms with E-state index in [0.29, 0.717) is 0 Å². The fraction of sp³-hybridized carbons (Fsp3) is 0.889. The Morgan fingerprint density at radius 2 is 0.312 bits per heavy atom. The highest BCUT2D eigenvalue weighted by atomic mass is 16.8. The van der Waals surface area contributed by atoms with Crippen molar-refractivity contribution in [2.24, 2.45) is 88.8 Å². The molecule has 0 saturated carbocycles. The average molecular weight is 1850 g/mol. The predicted molar refractivity (Wildman–Crippen MR) is 443 cm³/mol. The zero-order valence-corrected chi connectivity index (χ0v) is 74.5. The van der Waals surface area contributed by atoms with Gasteiger partial charge in [0, 0.05) is 140 Å². The van der Waals surface area contributed by atoms with Crippen molar-refractivity contribution in [2.75, 3.05) is 166 Å². The third-order valence-corrected chi connectivity index (χ3v) is 23.2. The lowest BCUT2D eigenvalue weighted by molar-refractivity contribution is -0.404. The summed E-state index contributed by atoms with van der Waals surface area (Å²) in [6, 6.07) is 0. The molecule has 0 radical (unpaired) electrons. The van der Waals surface area contributed by atoms with Crippen LogP contribution in [0.1, 0.15) is 0 Å². The lowest BCUT2D eigenvalue weighted by Gasteiger charge is -2.53. The minimum Gasteiger partial charge on any atom is -0.376 e. The maximum Gasteiger partial charge on any atom is 0.187 e. The van der Waals surface area contributed by atoms with Crippen molar-refractivity contribution in [3.63, 3.8) is 0 Å². The molecule has 30 aliphatic heterocycles. The van der Waals surface area contributed by atoms with Crippen LogP contribution in [0, 0.1) is 21.6 Å². The quantitative estimate of drug-likeness (QED) is 0.0220. The number of hydrogen-bond acceptors (Lipinski definition) is 40. The summed E-state index contributed by atoms with van der Waals surface area (Å²) < 4.78 is 213. The number of nitrogens with zero attached hydrogens (tertiary/aromatic N) is 4. The van der Waals surface area contributed by atoms with Crippen molar-refractivity contribution in [1.82, 2.24) is 21.3 Å². The highest BCUT2D eigenvalue weighted by Gasteiger charge is 2.63. The van der Waals surface area contributed by atoms with Gasteiger partial charge >= 0.3 is 0 Å². The first-order valence-electron chi connectivity index (χ1n) is 40.8. The Morgan fingerprint density at radius 1 is 0.195 bits per heavy atom. The zero-order chi connectivity index (χ0) is 93.7. The first-order chi connectivity index (χ1) is 61.3. The molecule has 56 nitrogen and oxygen atoms in total. The summed E-state index contributed by atoms with van der Waals surface area (Å²) in [5.41, 5.74) is 72.7. The SMILES string of the molecule is CO[C@@H]1[C@@H](OC)[C@H]2O[C@H]3[C@H](OC)[C@@H](OC)[C@@H](O[C@H]4[C@H](OC)[C@@H](OC)[C@@H](O[C@H]5[C@H](OC)[C@@H](OC)[C@@H](O[C@H]6[C@H](OC)[C@@H](OC)[C@@H](O[C@H]7[C@H](OC)[C@@H](OC)[C@@H](O[C@H]8[C@H](OC)[C@@H](OC)[C@@H](O[C@H]9[C@H](OC)[C@@H](OC)[C@@H](O[C@@H]1[C@@H](CN=C(N)N)O2)O[C@@H]9CNC(=N)N)O[C@@H]8CN=C(N)N)O[C@@H]7CNC(=N)N)O[C@@H]6CN=C(N)N)O[C@@H]5CNC(=N)N)O[C@@H]4CN=C(N)N)O[C@@H]3CNC(=N)N. The summed E-state index contributed by atoms with van der Waals surface area (Å²) in [5.74, 6) is -3.28. The van der Waals surface area contributed by atoms with E-state index in [0.717, 1.165) is 0 Å². The Kier molecular flexibility index (Phi) is 40.5. The van der Waals surface area contributed by atoms with E-state index in [4.69, 9.17) is 242 Å². The summed E-state index contributed by atoms with van der Waals surface area (Å²) in [7, 11) is 22.1. The van der Waals surface area contributed by atoms with Gasteiger partial charge in [-0.2, -0.15) is 0 Å². The van der Waals surface area contributed by atoms with Crippen LogP contribution in [-0.2, 0) is 152 Å². The molecule has 0 unspecified atom stereocenters. The second-order valence-corrected chi connectivity index (χ2v) is 30.6. The van der Waals surface area contributed by atoms with E-state index in [2.05, 4.69) is 41.2 Å². The van der Waals surface area contributed by atoms with Gasteiger partial charge in [0.1, 0.15) is 195 Å². The highest BCUT2D eigenvalue weighted by molar-refractivity contribution is 5.77. The molecule has 0 spiro atoms. The first-order valence-corrected chi connectivity index (χ1v) is 40.8. The van der Waals surface area contributed by atoms with Gasteiger partial charge in [-0.1, -0.05) is 0 Å². The number of hydrogen-bond donors (Lipinski definition) is 20. The van der Waals surface area contributed by atoms with E-state index in [1.807, 2.05) is 0 Å². The molecule has 0 aromatic heterocycles. The van der Waals surface area contributed by atoms with Gasteiger partial charge in [-0.25, -0.2) is 0 Å².